The summed E-state index contributed by atoms with van der Waals surface area (Å²) in [6, 6.07) is 7.76. The molecule has 1 aromatic heterocycles. The summed E-state index contributed by atoms with van der Waals surface area (Å²) in [4.78, 5) is 23.4. The molecule has 2 amide bonds. The Labute approximate surface area is 139 Å². The number of carbonyl (C=O) groups excluding carboxylic acids is 2. The van der Waals surface area contributed by atoms with Gasteiger partial charge in [0.1, 0.15) is 0 Å². The summed E-state index contributed by atoms with van der Waals surface area (Å²) in [6.07, 6.45) is 1.36. The van der Waals surface area contributed by atoms with Crippen molar-refractivity contribution in [2.75, 3.05) is 0 Å². The largest absolute Gasteiger partial charge is 0.421 e. The lowest BCUT2D eigenvalue weighted by molar-refractivity contribution is -0.129. The van der Waals surface area contributed by atoms with E-state index in [1.165, 1.54) is 0 Å². The van der Waals surface area contributed by atoms with E-state index < -0.39 is 0 Å². The predicted molar refractivity (Wildman–Crippen MR) is 86.3 cm³/mol. The van der Waals surface area contributed by atoms with E-state index in [1.807, 2.05) is 38.1 Å². The zero-order valence-electron chi connectivity index (χ0n) is 13.7. The second-order valence-electron chi connectivity index (χ2n) is 6.22. The number of carbonyl (C=O) groups is 2. The highest BCUT2D eigenvalue weighted by molar-refractivity contribution is 5.85. The maximum atomic E-state index is 11.7. The molecule has 0 unspecified atom stereocenters. The Morgan fingerprint density at radius 3 is 2.58 bits per heavy atom. The molecule has 24 heavy (non-hydrogen) atoms. The minimum absolute atomic E-state index is 0.0262. The molecule has 2 atom stereocenters. The van der Waals surface area contributed by atoms with E-state index in [4.69, 9.17) is 4.42 Å². The number of rotatable bonds is 5. The number of nitrogens with one attached hydrogen (secondary N) is 2. The lowest BCUT2D eigenvalue weighted by atomic mass is 10.1. The van der Waals surface area contributed by atoms with Gasteiger partial charge in [-0.2, -0.15) is 0 Å². The van der Waals surface area contributed by atoms with E-state index >= 15 is 0 Å². The monoisotopic (exact) mass is 328 g/mol. The van der Waals surface area contributed by atoms with E-state index in [0.717, 1.165) is 17.5 Å². The molecule has 126 valence electrons. The van der Waals surface area contributed by atoms with Crippen molar-refractivity contribution in [3.8, 4) is 11.5 Å². The summed E-state index contributed by atoms with van der Waals surface area (Å²) in [5.74, 6) is 0.838. The van der Waals surface area contributed by atoms with Crippen LogP contribution in [0.15, 0.2) is 28.7 Å². The molecule has 0 saturated heterocycles. The molecule has 7 heteroatoms. The van der Waals surface area contributed by atoms with Crippen LogP contribution in [0, 0.1) is 18.8 Å². The Bertz CT molecular complexity index is 739. The van der Waals surface area contributed by atoms with Crippen LogP contribution < -0.4 is 10.9 Å². The summed E-state index contributed by atoms with van der Waals surface area (Å²) < 4.78 is 5.56. The smallest absolute Gasteiger partial charge is 0.247 e. The van der Waals surface area contributed by atoms with E-state index in [-0.39, 0.29) is 24.2 Å². The van der Waals surface area contributed by atoms with Gasteiger partial charge in [0.05, 0.1) is 0 Å². The van der Waals surface area contributed by atoms with Crippen molar-refractivity contribution in [2.45, 2.75) is 33.1 Å². The summed E-state index contributed by atoms with van der Waals surface area (Å²) in [6.45, 7) is 4.01. The molecule has 1 aliphatic rings. The normalized spacial score (nSPS) is 18.9. The molecule has 0 bridgehead atoms. The maximum Gasteiger partial charge on any atom is 0.247 e. The van der Waals surface area contributed by atoms with Crippen LogP contribution in [0.4, 0.5) is 0 Å². The fourth-order valence-electron chi connectivity index (χ4n) is 2.36. The molecule has 1 aliphatic carbocycles. The fourth-order valence-corrected chi connectivity index (χ4v) is 2.36. The van der Waals surface area contributed by atoms with Crippen molar-refractivity contribution in [3.63, 3.8) is 0 Å². The number of benzene rings is 1. The topological polar surface area (TPSA) is 97.1 Å². The molecule has 1 fully saturated rings. The number of aromatic nitrogens is 2. The number of aryl methyl sites for hydroxylation is 2. The molecule has 1 heterocycles. The van der Waals surface area contributed by atoms with Gasteiger partial charge in [0.2, 0.25) is 23.6 Å². The minimum atomic E-state index is -0.285. The SMILES string of the molecule is Cc1ccc(-c2nnc(CCC(=O)NNC(=O)[C@@H]3C[C@@H]3C)o2)cc1. The molecule has 0 radical (unpaired) electrons. The zero-order chi connectivity index (χ0) is 17.1. The van der Waals surface area contributed by atoms with Gasteiger partial charge in [0, 0.05) is 24.3 Å². The van der Waals surface area contributed by atoms with Gasteiger partial charge in [-0.15, -0.1) is 10.2 Å². The Hall–Kier alpha value is -2.70. The summed E-state index contributed by atoms with van der Waals surface area (Å²) in [5, 5.41) is 7.94. The number of hydrogen-bond donors (Lipinski definition) is 2. The molecule has 3 rings (SSSR count). The molecule has 7 nitrogen and oxygen atoms in total. The van der Waals surface area contributed by atoms with Crippen LogP contribution in [-0.4, -0.2) is 22.0 Å². The zero-order valence-corrected chi connectivity index (χ0v) is 13.7. The molecule has 2 N–H and O–H groups in total. The fraction of sp³-hybridized carbons (Fsp3) is 0.412. The van der Waals surface area contributed by atoms with Crippen molar-refractivity contribution in [2.24, 2.45) is 11.8 Å². The van der Waals surface area contributed by atoms with Crippen LogP contribution in [0.25, 0.3) is 11.5 Å². The lowest BCUT2D eigenvalue weighted by Gasteiger charge is -2.05. The molecular formula is C17H20N4O3. The number of amides is 2. The van der Waals surface area contributed by atoms with E-state index in [1.54, 1.807) is 0 Å². The number of hydrogen-bond acceptors (Lipinski definition) is 5. The Morgan fingerprint density at radius 2 is 1.92 bits per heavy atom. The van der Waals surface area contributed by atoms with Gasteiger partial charge in [0.15, 0.2) is 0 Å². The van der Waals surface area contributed by atoms with Crippen molar-refractivity contribution >= 4 is 11.8 Å². The minimum Gasteiger partial charge on any atom is -0.421 e. The highest BCUT2D eigenvalue weighted by Crippen LogP contribution is 2.37. The van der Waals surface area contributed by atoms with E-state index in [0.29, 0.717) is 24.1 Å². The maximum absolute atomic E-state index is 11.7. The average Bonchev–Trinajstić information content (AvgIpc) is 3.12. The summed E-state index contributed by atoms with van der Waals surface area (Å²) in [5.41, 5.74) is 6.85. The first kappa shape index (κ1) is 16.2. The molecule has 0 spiro atoms. The van der Waals surface area contributed by atoms with Gasteiger partial charge in [-0.25, -0.2) is 0 Å². The van der Waals surface area contributed by atoms with Crippen molar-refractivity contribution in [1.29, 1.82) is 0 Å². The van der Waals surface area contributed by atoms with Gasteiger partial charge in [-0.1, -0.05) is 24.6 Å². The van der Waals surface area contributed by atoms with E-state index in [2.05, 4.69) is 21.0 Å². The standard InChI is InChI=1S/C17H20N4O3/c1-10-3-5-12(6-4-10)17-21-19-15(24-17)8-7-14(22)18-20-16(23)13-9-11(13)2/h3-6,11,13H,7-9H2,1-2H3,(H,18,22)(H,20,23)/t11-,13+/m0/s1. The summed E-state index contributed by atoms with van der Waals surface area (Å²) >= 11 is 0. The molecule has 1 aromatic carbocycles. The van der Waals surface area contributed by atoms with Gasteiger partial charge in [-0.05, 0) is 31.4 Å². The first-order valence-corrected chi connectivity index (χ1v) is 8.01. The lowest BCUT2D eigenvalue weighted by Crippen LogP contribution is -2.42. The third-order valence-electron chi connectivity index (χ3n) is 4.10. The molecule has 0 aliphatic heterocycles. The first-order chi connectivity index (χ1) is 11.5. The second kappa shape index (κ2) is 6.82. The second-order valence-corrected chi connectivity index (χ2v) is 6.22. The van der Waals surface area contributed by atoms with Crippen LogP contribution in [0.3, 0.4) is 0 Å². The van der Waals surface area contributed by atoms with Crippen LogP contribution in [0.1, 0.15) is 31.2 Å². The van der Waals surface area contributed by atoms with Gasteiger partial charge in [0.25, 0.3) is 0 Å². The average molecular weight is 328 g/mol. The van der Waals surface area contributed by atoms with Crippen molar-refractivity contribution < 1.29 is 14.0 Å². The van der Waals surface area contributed by atoms with Crippen molar-refractivity contribution in [1.82, 2.24) is 21.0 Å². The first-order valence-electron chi connectivity index (χ1n) is 8.01. The van der Waals surface area contributed by atoms with Gasteiger partial charge < -0.3 is 4.42 Å². The number of nitrogens with zero attached hydrogens (tertiary/aromatic N) is 2. The van der Waals surface area contributed by atoms with Crippen LogP contribution in [0.2, 0.25) is 0 Å². The highest BCUT2D eigenvalue weighted by atomic mass is 16.4. The molecule has 2 aromatic rings. The molecule has 1 saturated carbocycles. The predicted octanol–water partition coefficient (Wildman–Crippen LogP) is 1.78. The van der Waals surface area contributed by atoms with Crippen molar-refractivity contribution in [3.05, 3.63) is 35.7 Å². The number of hydrazine groups is 1. The quantitative estimate of drug-likeness (QED) is 0.816. The van der Waals surface area contributed by atoms with Crippen LogP contribution >= 0.6 is 0 Å². The van der Waals surface area contributed by atoms with Gasteiger partial charge >= 0.3 is 0 Å². The Morgan fingerprint density at radius 1 is 1.21 bits per heavy atom. The Kier molecular flexibility index (Phi) is 4.59. The third-order valence-corrected chi connectivity index (χ3v) is 4.10. The van der Waals surface area contributed by atoms with Crippen LogP contribution in [-0.2, 0) is 16.0 Å². The van der Waals surface area contributed by atoms with Gasteiger partial charge in [-0.3, -0.25) is 20.4 Å². The Balaban J connectivity index is 1.45. The van der Waals surface area contributed by atoms with E-state index in [9.17, 15) is 9.59 Å². The van der Waals surface area contributed by atoms with Crippen LogP contribution in [0.5, 0.6) is 0 Å². The summed E-state index contributed by atoms with van der Waals surface area (Å²) in [7, 11) is 0. The highest BCUT2D eigenvalue weighted by Gasteiger charge is 2.39. The third kappa shape index (κ3) is 3.98. The molecular weight excluding hydrogens is 308 g/mol.